The van der Waals surface area contributed by atoms with E-state index in [9.17, 15) is 0 Å². The van der Waals surface area contributed by atoms with E-state index in [0.717, 1.165) is 58.1 Å². The zero-order valence-corrected chi connectivity index (χ0v) is 15.2. The molecule has 6 nitrogen and oxygen atoms in total. The largest absolute Gasteiger partial charge is 0.296 e. The predicted octanol–water partition coefficient (Wildman–Crippen LogP) is 2.22. The molecule has 0 saturated carbocycles. The highest BCUT2D eigenvalue weighted by atomic mass is 79.9. The second-order valence-electron chi connectivity index (χ2n) is 5.58. The highest BCUT2D eigenvalue weighted by Gasteiger charge is 2.19. The van der Waals surface area contributed by atoms with Gasteiger partial charge in [-0.25, -0.2) is 4.68 Å². The Balaban J connectivity index is 1.48. The van der Waals surface area contributed by atoms with E-state index in [1.165, 1.54) is 8.66 Å². The number of nitrogens with zero attached hydrogens (tertiary/aromatic N) is 6. The minimum atomic E-state index is 0.853. The van der Waals surface area contributed by atoms with Gasteiger partial charge in [0.2, 0.25) is 0 Å². The van der Waals surface area contributed by atoms with Crippen molar-refractivity contribution in [2.45, 2.75) is 33.0 Å². The summed E-state index contributed by atoms with van der Waals surface area (Å²) in [6.07, 6.45) is 1.06. The van der Waals surface area contributed by atoms with Crippen LogP contribution in [0.15, 0.2) is 15.9 Å². The number of piperazine rings is 1. The lowest BCUT2D eigenvalue weighted by molar-refractivity contribution is 0.119. The summed E-state index contributed by atoms with van der Waals surface area (Å²) in [6.45, 7) is 9.30. The van der Waals surface area contributed by atoms with Crippen molar-refractivity contribution >= 4 is 27.3 Å². The van der Waals surface area contributed by atoms with Crippen LogP contribution in [0.1, 0.15) is 24.0 Å². The normalized spacial score (nSPS) is 17.2. The first kappa shape index (κ1) is 16.0. The van der Waals surface area contributed by atoms with E-state index < -0.39 is 0 Å². The molecule has 0 amide bonds. The van der Waals surface area contributed by atoms with Gasteiger partial charge in [0.05, 0.1) is 10.3 Å². The van der Waals surface area contributed by atoms with E-state index in [1.807, 2.05) is 16.0 Å². The number of aryl methyl sites for hydroxylation is 1. The maximum Gasteiger partial charge on any atom is 0.165 e. The second-order valence-corrected chi connectivity index (χ2v) is 8.12. The summed E-state index contributed by atoms with van der Waals surface area (Å²) < 4.78 is 3.14. The van der Waals surface area contributed by atoms with Crippen LogP contribution >= 0.6 is 27.3 Å². The van der Waals surface area contributed by atoms with Gasteiger partial charge in [-0.3, -0.25) is 9.80 Å². The van der Waals surface area contributed by atoms with Crippen molar-refractivity contribution in [3.8, 4) is 0 Å². The molecule has 0 aliphatic carbocycles. The minimum absolute atomic E-state index is 0.853. The molecule has 120 valence electrons. The Kier molecular flexibility index (Phi) is 5.56. The van der Waals surface area contributed by atoms with Crippen molar-refractivity contribution in [3.63, 3.8) is 0 Å². The molecule has 1 aliphatic rings. The van der Waals surface area contributed by atoms with E-state index in [4.69, 9.17) is 0 Å². The quantitative estimate of drug-likeness (QED) is 0.763. The van der Waals surface area contributed by atoms with Crippen LogP contribution in [0.4, 0.5) is 0 Å². The van der Waals surface area contributed by atoms with Gasteiger partial charge in [-0.15, -0.1) is 16.4 Å². The molecule has 0 N–H and O–H groups in total. The number of thiophene rings is 1. The molecular formula is C14H21BrN6S. The highest BCUT2D eigenvalue weighted by Crippen LogP contribution is 2.23. The summed E-state index contributed by atoms with van der Waals surface area (Å²) in [5.41, 5.74) is 0. The maximum atomic E-state index is 4.16. The molecule has 0 spiro atoms. The first-order valence-electron chi connectivity index (χ1n) is 7.68. The number of hydrogen-bond acceptors (Lipinski definition) is 6. The summed E-state index contributed by atoms with van der Waals surface area (Å²) in [4.78, 5) is 6.38. The Hall–Kier alpha value is -0.830. The fourth-order valence-electron chi connectivity index (χ4n) is 2.68. The van der Waals surface area contributed by atoms with Gasteiger partial charge in [0.15, 0.2) is 5.82 Å². The van der Waals surface area contributed by atoms with Crippen molar-refractivity contribution < 1.29 is 0 Å². The summed E-state index contributed by atoms with van der Waals surface area (Å²) >= 11 is 5.35. The summed E-state index contributed by atoms with van der Waals surface area (Å²) in [5.74, 6) is 0.984. The maximum absolute atomic E-state index is 4.16. The van der Waals surface area contributed by atoms with Gasteiger partial charge in [0, 0.05) is 44.1 Å². The van der Waals surface area contributed by atoms with Crippen LogP contribution in [0.3, 0.4) is 0 Å². The van der Waals surface area contributed by atoms with E-state index in [0.29, 0.717) is 0 Å². The topological polar surface area (TPSA) is 50.1 Å². The fourth-order valence-corrected chi connectivity index (χ4v) is 4.21. The van der Waals surface area contributed by atoms with Crippen LogP contribution < -0.4 is 0 Å². The van der Waals surface area contributed by atoms with Crippen molar-refractivity contribution in [3.05, 3.63) is 26.6 Å². The van der Waals surface area contributed by atoms with Crippen molar-refractivity contribution in [1.82, 2.24) is 30.0 Å². The van der Waals surface area contributed by atoms with Gasteiger partial charge >= 0.3 is 0 Å². The lowest BCUT2D eigenvalue weighted by atomic mass is 10.3. The zero-order valence-electron chi connectivity index (χ0n) is 12.8. The smallest absolute Gasteiger partial charge is 0.165 e. The van der Waals surface area contributed by atoms with Gasteiger partial charge < -0.3 is 0 Å². The van der Waals surface area contributed by atoms with Crippen molar-refractivity contribution in [1.29, 1.82) is 0 Å². The Morgan fingerprint density at radius 2 is 1.86 bits per heavy atom. The van der Waals surface area contributed by atoms with Gasteiger partial charge in [-0.2, -0.15) is 0 Å². The molecule has 3 heterocycles. The second kappa shape index (κ2) is 7.63. The van der Waals surface area contributed by atoms with Crippen molar-refractivity contribution in [2.24, 2.45) is 0 Å². The molecule has 0 atom stereocenters. The first-order valence-corrected chi connectivity index (χ1v) is 9.29. The number of rotatable bonds is 6. The molecule has 22 heavy (non-hydrogen) atoms. The van der Waals surface area contributed by atoms with Crippen LogP contribution in [0.2, 0.25) is 0 Å². The van der Waals surface area contributed by atoms with Gasteiger partial charge in [0.25, 0.3) is 0 Å². The molecular weight excluding hydrogens is 364 g/mol. The lowest BCUT2D eigenvalue weighted by Gasteiger charge is -2.34. The third-order valence-electron chi connectivity index (χ3n) is 3.88. The van der Waals surface area contributed by atoms with Gasteiger partial charge in [-0.05, 0) is 44.9 Å². The Bertz CT molecular complexity index is 590. The molecule has 0 aromatic carbocycles. The highest BCUT2D eigenvalue weighted by molar-refractivity contribution is 9.11. The molecule has 0 bridgehead atoms. The van der Waals surface area contributed by atoms with Crippen LogP contribution in [0.5, 0.6) is 0 Å². The molecule has 3 rings (SSSR count). The SMILES string of the molecule is CCCn1nnnc1CN1CCN(Cc2ccc(Br)s2)CC1. The number of hydrogen-bond donors (Lipinski definition) is 0. The van der Waals surface area contributed by atoms with Crippen LogP contribution in [0.25, 0.3) is 0 Å². The van der Waals surface area contributed by atoms with Crippen LogP contribution in [-0.4, -0.2) is 56.2 Å². The molecule has 1 aliphatic heterocycles. The fraction of sp³-hybridized carbons (Fsp3) is 0.643. The average molecular weight is 385 g/mol. The van der Waals surface area contributed by atoms with Crippen molar-refractivity contribution in [2.75, 3.05) is 26.2 Å². The Morgan fingerprint density at radius 1 is 1.14 bits per heavy atom. The third-order valence-corrected chi connectivity index (χ3v) is 5.49. The molecule has 2 aromatic heterocycles. The number of halogens is 1. The van der Waals surface area contributed by atoms with E-state index in [1.54, 1.807) is 0 Å². The summed E-state index contributed by atoms with van der Waals surface area (Å²) in [6, 6.07) is 4.34. The standard InChI is InChI=1S/C14H21BrN6S/c1-2-5-21-14(16-17-18-21)11-20-8-6-19(7-9-20)10-12-3-4-13(15)22-12/h3-4H,2,5-11H2,1H3. The van der Waals surface area contributed by atoms with Crippen LogP contribution in [-0.2, 0) is 19.6 Å². The Morgan fingerprint density at radius 3 is 2.50 bits per heavy atom. The van der Waals surface area contributed by atoms with Crippen LogP contribution in [0, 0.1) is 0 Å². The van der Waals surface area contributed by atoms with E-state index in [2.05, 4.69) is 60.3 Å². The van der Waals surface area contributed by atoms with E-state index in [-0.39, 0.29) is 0 Å². The molecule has 0 unspecified atom stereocenters. The summed E-state index contributed by atoms with van der Waals surface area (Å²) in [7, 11) is 0. The predicted molar refractivity (Wildman–Crippen MR) is 90.7 cm³/mol. The molecule has 0 radical (unpaired) electrons. The number of tetrazole rings is 1. The molecule has 2 aromatic rings. The van der Waals surface area contributed by atoms with Gasteiger partial charge in [-0.1, -0.05) is 6.92 Å². The molecule has 8 heteroatoms. The zero-order chi connectivity index (χ0) is 15.4. The molecule has 1 saturated heterocycles. The van der Waals surface area contributed by atoms with E-state index >= 15 is 0 Å². The molecule has 1 fully saturated rings. The minimum Gasteiger partial charge on any atom is -0.296 e. The number of aromatic nitrogens is 4. The Labute approximate surface area is 143 Å². The summed E-state index contributed by atoms with van der Waals surface area (Å²) in [5, 5.41) is 12.0. The van der Waals surface area contributed by atoms with Gasteiger partial charge in [0.1, 0.15) is 0 Å². The monoisotopic (exact) mass is 384 g/mol. The average Bonchev–Trinajstić information content (AvgIpc) is 3.11. The third kappa shape index (κ3) is 4.13. The first-order chi connectivity index (χ1) is 10.7. The lowest BCUT2D eigenvalue weighted by Crippen LogP contribution is -2.45.